The van der Waals surface area contributed by atoms with Crippen molar-refractivity contribution in [2.24, 2.45) is 5.92 Å². The normalized spacial score (nSPS) is 22.0. The molecule has 0 unspecified atom stereocenters. The topological polar surface area (TPSA) is 57.3 Å². The summed E-state index contributed by atoms with van der Waals surface area (Å²) in [5.41, 5.74) is 1.75. The van der Waals surface area contributed by atoms with Gasteiger partial charge in [-0.3, -0.25) is 9.69 Å². The molecule has 2 aromatic rings. The van der Waals surface area contributed by atoms with Crippen molar-refractivity contribution in [2.45, 2.75) is 25.1 Å². The average Bonchev–Trinajstić information content (AvgIpc) is 2.94. The van der Waals surface area contributed by atoms with E-state index in [9.17, 15) is 18.0 Å². The maximum absolute atomic E-state index is 13.5. The lowest BCUT2D eigenvalue weighted by molar-refractivity contribution is -0.137. The predicted molar refractivity (Wildman–Crippen MR) is 140 cm³/mol. The van der Waals surface area contributed by atoms with Gasteiger partial charge in [-0.2, -0.15) is 13.2 Å². The summed E-state index contributed by atoms with van der Waals surface area (Å²) in [6.45, 7) is 6.61. The van der Waals surface area contributed by atoms with Crippen LogP contribution in [0, 0.1) is 5.92 Å². The first-order valence-electron chi connectivity index (χ1n) is 13.3. The molecule has 0 aromatic heterocycles. The first-order valence-corrected chi connectivity index (χ1v) is 13.3. The lowest BCUT2D eigenvalue weighted by atomic mass is 9.82. The second-order valence-corrected chi connectivity index (χ2v) is 10.2. The fraction of sp³-hybridized carbons (Fsp3) is 0.536. The summed E-state index contributed by atoms with van der Waals surface area (Å²) < 4.78 is 51.1. The van der Waals surface area contributed by atoms with Crippen molar-refractivity contribution in [3.05, 3.63) is 53.6 Å². The van der Waals surface area contributed by atoms with Gasteiger partial charge in [0.05, 0.1) is 37.8 Å². The second kappa shape index (κ2) is 11.4. The molecule has 2 atom stereocenters. The van der Waals surface area contributed by atoms with Crippen molar-refractivity contribution < 1.29 is 27.4 Å². The number of fused-ring (bicyclic) bond motifs is 3. The van der Waals surface area contributed by atoms with Gasteiger partial charge in [-0.05, 0) is 67.4 Å². The van der Waals surface area contributed by atoms with Gasteiger partial charge in [0.1, 0.15) is 5.75 Å². The van der Waals surface area contributed by atoms with Gasteiger partial charge < -0.3 is 24.6 Å². The van der Waals surface area contributed by atoms with Crippen LogP contribution in [0.2, 0.25) is 0 Å². The molecule has 0 bridgehead atoms. The Balaban J connectivity index is 1.33. The number of halogens is 3. The lowest BCUT2D eigenvalue weighted by Gasteiger charge is -2.49. The summed E-state index contributed by atoms with van der Waals surface area (Å²) in [6.07, 6.45) is -3.32. The van der Waals surface area contributed by atoms with E-state index in [0.29, 0.717) is 31.7 Å². The van der Waals surface area contributed by atoms with E-state index >= 15 is 0 Å². The van der Waals surface area contributed by atoms with Gasteiger partial charge in [0.25, 0.3) is 0 Å². The van der Waals surface area contributed by atoms with E-state index in [1.165, 1.54) is 6.07 Å². The van der Waals surface area contributed by atoms with Gasteiger partial charge in [-0.15, -0.1) is 0 Å². The second-order valence-electron chi connectivity index (χ2n) is 10.2. The number of hydrogen-bond acceptors (Lipinski definition) is 6. The Bertz CT molecular complexity index is 1110. The Morgan fingerprint density at radius 2 is 1.84 bits per heavy atom. The van der Waals surface area contributed by atoms with Crippen molar-refractivity contribution in [1.82, 2.24) is 10.2 Å². The molecule has 38 heavy (non-hydrogen) atoms. The predicted octanol–water partition coefficient (Wildman–Crippen LogP) is 3.42. The SMILES string of the molecule is COc1ccc(N2CCN3c4ccc(C(F)(F)F)cc4C[C@H](C(=O)NCCCN4CCOCC4)[C@@H]3C2)cc1. The maximum Gasteiger partial charge on any atom is 0.416 e. The average molecular weight is 533 g/mol. The number of methoxy groups -OCH3 is 1. The van der Waals surface area contributed by atoms with Crippen molar-refractivity contribution in [3.8, 4) is 5.75 Å². The molecular weight excluding hydrogens is 497 g/mol. The number of nitrogens with one attached hydrogen (secondary N) is 1. The highest BCUT2D eigenvalue weighted by molar-refractivity contribution is 5.82. The summed E-state index contributed by atoms with van der Waals surface area (Å²) in [6, 6.07) is 11.6. The number of anilines is 2. The lowest BCUT2D eigenvalue weighted by Crippen LogP contribution is -2.61. The zero-order chi connectivity index (χ0) is 26.7. The van der Waals surface area contributed by atoms with Crippen molar-refractivity contribution in [1.29, 1.82) is 0 Å². The first kappa shape index (κ1) is 26.6. The molecule has 0 radical (unpaired) electrons. The molecule has 0 saturated carbocycles. The molecule has 206 valence electrons. The minimum atomic E-state index is -4.42. The van der Waals surface area contributed by atoms with E-state index in [1.54, 1.807) is 13.2 Å². The van der Waals surface area contributed by atoms with Gasteiger partial charge in [0.2, 0.25) is 5.91 Å². The zero-order valence-corrected chi connectivity index (χ0v) is 21.7. The molecular formula is C28H35F3N4O3. The molecule has 3 aliphatic rings. The fourth-order valence-electron chi connectivity index (χ4n) is 5.80. The van der Waals surface area contributed by atoms with Crippen LogP contribution in [0.3, 0.4) is 0 Å². The monoisotopic (exact) mass is 532 g/mol. The number of ether oxygens (including phenoxy) is 2. The number of benzene rings is 2. The first-order chi connectivity index (χ1) is 18.3. The number of piperazine rings is 1. The van der Waals surface area contributed by atoms with Gasteiger partial charge in [-0.1, -0.05) is 0 Å². The molecule has 3 heterocycles. The summed E-state index contributed by atoms with van der Waals surface area (Å²) in [7, 11) is 1.63. The van der Waals surface area contributed by atoms with Crippen LogP contribution in [0.4, 0.5) is 24.5 Å². The Morgan fingerprint density at radius 3 is 2.55 bits per heavy atom. The van der Waals surface area contributed by atoms with E-state index in [-0.39, 0.29) is 18.4 Å². The molecule has 1 N–H and O–H groups in total. The van der Waals surface area contributed by atoms with Crippen LogP contribution < -0.4 is 19.9 Å². The Labute approximate surface area is 221 Å². The van der Waals surface area contributed by atoms with Crippen LogP contribution in [0.5, 0.6) is 5.75 Å². The molecule has 1 amide bonds. The number of morpholine rings is 1. The quantitative estimate of drug-likeness (QED) is 0.552. The van der Waals surface area contributed by atoms with Crippen LogP contribution in [-0.4, -0.2) is 83.0 Å². The zero-order valence-electron chi connectivity index (χ0n) is 21.7. The number of nitrogens with zero attached hydrogens (tertiary/aromatic N) is 3. The highest BCUT2D eigenvalue weighted by Gasteiger charge is 2.42. The molecule has 0 spiro atoms. The molecule has 2 aromatic carbocycles. The third kappa shape index (κ3) is 5.86. The van der Waals surface area contributed by atoms with E-state index < -0.39 is 17.7 Å². The van der Waals surface area contributed by atoms with Crippen LogP contribution in [0.25, 0.3) is 0 Å². The molecule has 5 rings (SSSR count). The molecule has 10 heteroatoms. The van der Waals surface area contributed by atoms with Gasteiger partial charge in [-0.25, -0.2) is 0 Å². The Kier molecular flexibility index (Phi) is 7.99. The highest BCUT2D eigenvalue weighted by atomic mass is 19.4. The number of carbonyl (C=O) groups excluding carboxylic acids is 1. The third-order valence-electron chi connectivity index (χ3n) is 7.87. The van der Waals surface area contributed by atoms with Crippen LogP contribution in [0.1, 0.15) is 17.5 Å². The minimum Gasteiger partial charge on any atom is -0.497 e. The van der Waals surface area contributed by atoms with Crippen molar-refractivity contribution in [2.75, 3.05) is 75.9 Å². The summed E-state index contributed by atoms with van der Waals surface area (Å²) in [5, 5.41) is 3.09. The number of amides is 1. The minimum absolute atomic E-state index is 0.0957. The number of hydrogen-bond donors (Lipinski definition) is 1. The maximum atomic E-state index is 13.5. The van der Waals surface area contributed by atoms with E-state index in [2.05, 4.69) is 20.0 Å². The molecule has 2 fully saturated rings. The largest absolute Gasteiger partial charge is 0.497 e. The van der Waals surface area contributed by atoms with Crippen molar-refractivity contribution >= 4 is 17.3 Å². The number of carbonyl (C=O) groups is 1. The molecule has 7 nitrogen and oxygen atoms in total. The van der Waals surface area contributed by atoms with E-state index in [1.807, 2.05) is 24.3 Å². The molecule has 0 aliphatic carbocycles. The van der Waals surface area contributed by atoms with Crippen LogP contribution in [0.15, 0.2) is 42.5 Å². The molecule has 2 saturated heterocycles. The standard InChI is InChI=1S/C28H35F3N4O3/c1-37-23-6-4-22(5-7-23)34-11-12-35-25-8-3-21(28(29,30)31)17-20(25)18-24(26(35)19-34)27(36)32-9-2-10-33-13-15-38-16-14-33/h3-8,17,24,26H,2,9-16,18-19H2,1H3,(H,32,36)/t24-,26-/m0/s1. The summed E-state index contributed by atoms with van der Waals surface area (Å²) in [5.74, 6) is 0.228. The third-order valence-corrected chi connectivity index (χ3v) is 7.87. The summed E-state index contributed by atoms with van der Waals surface area (Å²) in [4.78, 5) is 20.2. The molecule has 3 aliphatic heterocycles. The van der Waals surface area contributed by atoms with Crippen LogP contribution >= 0.6 is 0 Å². The Hall–Kier alpha value is -2.98. The van der Waals surface area contributed by atoms with Crippen molar-refractivity contribution in [3.63, 3.8) is 0 Å². The summed E-state index contributed by atoms with van der Waals surface area (Å²) >= 11 is 0. The van der Waals surface area contributed by atoms with Gasteiger partial charge in [0, 0.05) is 50.6 Å². The number of alkyl halides is 3. The van der Waals surface area contributed by atoms with E-state index in [4.69, 9.17) is 9.47 Å². The van der Waals surface area contributed by atoms with Crippen LogP contribution in [-0.2, 0) is 22.1 Å². The number of rotatable bonds is 7. The van der Waals surface area contributed by atoms with Gasteiger partial charge in [0.15, 0.2) is 0 Å². The smallest absolute Gasteiger partial charge is 0.416 e. The van der Waals surface area contributed by atoms with E-state index in [0.717, 1.165) is 62.5 Å². The van der Waals surface area contributed by atoms with Gasteiger partial charge >= 0.3 is 6.18 Å². The Morgan fingerprint density at radius 1 is 1.08 bits per heavy atom. The fourth-order valence-corrected chi connectivity index (χ4v) is 5.80. The highest BCUT2D eigenvalue weighted by Crippen LogP contribution is 2.40.